The minimum atomic E-state index is -3.73. The normalized spacial score (nSPS) is 17.9. The first kappa shape index (κ1) is 17.0. The Bertz CT molecular complexity index is 1220. The van der Waals surface area contributed by atoms with E-state index in [9.17, 15) is 8.42 Å². The topological polar surface area (TPSA) is 63.2 Å². The van der Waals surface area contributed by atoms with Crippen molar-refractivity contribution >= 4 is 44.1 Å². The minimum Gasteiger partial charge on any atom is -0.207 e. The van der Waals surface area contributed by atoms with E-state index < -0.39 is 10.0 Å². The fourth-order valence-corrected chi connectivity index (χ4v) is 6.90. The van der Waals surface area contributed by atoms with E-state index in [-0.39, 0.29) is 10.9 Å². The molecule has 1 aliphatic heterocycles. The van der Waals surface area contributed by atoms with Gasteiger partial charge in [0.15, 0.2) is 0 Å². The van der Waals surface area contributed by atoms with Crippen LogP contribution in [0.5, 0.6) is 0 Å². The molecular formula is C19H15N3O2S3. The number of benzene rings is 2. The van der Waals surface area contributed by atoms with Crippen molar-refractivity contribution in [2.45, 2.75) is 17.4 Å². The van der Waals surface area contributed by atoms with Gasteiger partial charge >= 0.3 is 0 Å². The van der Waals surface area contributed by atoms with Crippen LogP contribution in [0.25, 0.3) is 11.0 Å². The zero-order chi connectivity index (χ0) is 18.4. The average Bonchev–Trinajstić information content (AvgIpc) is 3.36. The van der Waals surface area contributed by atoms with Gasteiger partial charge in [-0.2, -0.15) is 13.1 Å². The first-order chi connectivity index (χ1) is 13.2. The highest BCUT2D eigenvalue weighted by Gasteiger charge is 2.38. The molecule has 0 bridgehead atoms. The maximum atomic E-state index is 13.7. The zero-order valence-corrected chi connectivity index (χ0v) is 16.6. The third-order valence-corrected chi connectivity index (χ3v) is 8.31. The van der Waals surface area contributed by atoms with Crippen molar-refractivity contribution in [3.63, 3.8) is 0 Å². The van der Waals surface area contributed by atoms with Gasteiger partial charge in [0, 0.05) is 11.4 Å². The van der Waals surface area contributed by atoms with Crippen LogP contribution in [0.1, 0.15) is 22.0 Å². The average molecular weight is 414 g/mol. The van der Waals surface area contributed by atoms with Crippen molar-refractivity contribution < 1.29 is 8.42 Å². The molecule has 0 aliphatic carbocycles. The first-order valence-corrected chi connectivity index (χ1v) is 11.6. The lowest BCUT2D eigenvalue weighted by atomic mass is 9.95. The second-order valence-electron chi connectivity index (χ2n) is 6.37. The van der Waals surface area contributed by atoms with Gasteiger partial charge < -0.3 is 0 Å². The van der Waals surface area contributed by atoms with Crippen LogP contribution in [0.4, 0.5) is 0 Å². The Morgan fingerprint density at radius 3 is 2.70 bits per heavy atom. The summed E-state index contributed by atoms with van der Waals surface area (Å²) in [5, 5.41) is 2.04. The molecule has 27 heavy (non-hydrogen) atoms. The van der Waals surface area contributed by atoms with E-state index in [0.717, 1.165) is 29.3 Å². The number of sulfonamides is 1. The first-order valence-electron chi connectivity index (χ1n) is 8.50. The Balaban J connectivity index is 1.70. The van der Waals surface area contributed by atoms with Crippen molar-refractivity contribution in [2.75, 3.05) is 6.54 Å². The number of hydrogen-bond donors (Lipinski definition) is 0. The fraction of sp³-hybridized carbons (Fsp3) is 0.158. The van der Waals surface area contributed by atoms with Crippen LogP contribution in [0.3, 0.4) is 0 Å². The number of nitrogens with zero attached hydrogens (tertiary/aromatic N) is 3. The highest BCUT2D eigenvalue weighted by Crippen LogP contribution is 2.41. The van der Waals surface area contributed by atoms with Gasteiger partial charge in [-0.05, 0) is 41.1 Å². The third kappa shape index (κ3) is 2.71. The van der Waals surface area contributed by atoms with Crippen molar-refractivity contribution in [2.24, 2.45) is 0 Å². The summed E-state index contributed by atoms with van der Waals surface area (Å²) in [5.74, 6) is 0. The van der Waals surface area contributed by atoms with Crippen LogP contribution < -0.4 is 0 Å². The lowest BCUT2D eigenvalue weighted by Gasteiger charge is -2.35. The highest BCUT2D eigenvalue weighted by atomic mass is 32.2. The smallest absolute Gasteiger partial charge is 0.207 e. The molecule has 0 saturated heterocycles. The molecule has 5 nitrogen and oxygen atoms in total. The Hall–Kier alpha value is -2.13. The number of rotatable bonds is 3. The summed E-state index contributed by atoms with van der Waals surface area (Å²) >= 11 is 2.73. The molecule has 5 rings (SSSR count). The van der Waals surface area contributed by atoms with Crippen molar-refractivity contribution in [1.29, 1.82) is 0 Å². The molecule has 8 heteroatoms. The van der Waals surface area contributed by atoms with Gasteiger partial charge in [0.1, 0.15) is 15.9 Å². The van der Waals surface area contributed by atoms with Crippen LogP contribution in [-0.4, -0.2) is 28.0 Å². The Kier molecular flexibility index (Phi) is 4.08. The molecule has 4 aromatic rings. The summed E-state index contributed by atoms with van der Waals surface area (Å²) in [7, 11) is -3.73. The number of thiophene rings is 1. The quantitative estimate of drug-likeness (QED) is 0.507. The van der Waals surface area contributed by atoms with Crippen LogP contribution in [0.2, 0.25) is 0 Å². The number of fused-ring (bicyclic) bond motifs is 2. The largest absolute Gasteiger partial charge is 0.246 e. The molecule has 0 saturated carbocycles. The Labute approximate surface area is 165 Å². The van der Waals surface area contributed by atoms with E-state index >= 15 is 0 Å². The second kappa shape index (κ2) is 6.49. The Morgan fingerprint density at radius 1 is 1.00 bits per heavy atom. The standard InChI is InChI=1S/C19H15N3O2S3/c23-27(24,17-8-4-7-15-18(17)21-26-20-15)22-11-9-16-14(10-12-25-16)19(22)13-5-2-1-3-6-13/h1-8,10,12,19H,9,11H2. The van der Waals surface area contributed by atoms with Crippen LogP contribution >= 0.6 is 23.1 Å². The highest BCUT2D eigenvalue weighted by molar-refractivity contribution is 7.89. The molecular weight excluding hydrogens is 398 g/mol. The maximum Gasteiger partial charge on any atom is 0.246 e. The fourth-order valence-electron chi connectivity index (χ4n) is 3.65. The predicted octanol–water partition coefficient (Wildman–Crippen LogP) is 4.09. The van der Waals surface area contributed by atoms with Gasteiger partial charge in [-0.1, -0.05) is 36.4 Å². The zero-order valence-electron chi connectivity index (χ0n) is 14.1. The van der Waals surface area contributed by atoms with Gasteiger partial charge in [-0.25, -0.2) is 8.42 Å². The summed E-state index contributed by atoms with van der Waals surface area (Å²) in [4.78, 5) is 1.48. The summed E-state index contributed by atoms with van der Waals surface area (Å²) in [6.45, 7) is 0.448. The van der Waals surface area contributed by atoms with Gasteiger partial charge in [0.25, 0.3) is 0 Å². The van der Waals surface area contributed by atoms with E-state index in [0.29, 0.717) is 17.6 Å². The second-order valence-corrected chi connectivity index (χ2v) is 9.75. The van der Waals surface area contributed by atoms with Crippen LogP contribution in [0, 0.1) is 0 Å². The van der Waals surface area contributed by atoms with Crippen LogP contribution in [-0.2, 0) is 16.4 Å². The molecule has 0 amide bonds. The van der Waals surface area contributed by atoms with Crippen molar-refractivity contribution in [3.05, 3.63) is 76.0 Å². The molecule has 0 spiro atoms. The van der Waals surface area contributed by atoms with E-state index in [2.05, 4.69) is 8.75 Å². The monoisotopic (exact) mass is 413 g/mol. The molecule has 0 radical (unpaired) electrons. The molecule has 2 aromatic carbocycles. The summed E-state index contributed by atoms with van der Waals surface area (Å²) in [6.07, 6.45) is 0.723. The van der Waals surface area contributed by atoms with Gasteiger partial charge in [-0.15, -0.1) is 11.3 Å². The van der Waals surface area contributed by atoms with Gasteiger partial charge in [-0.3, -0.25) is 0 Å². The van der Waals surface area contributed by atoms with E-state index in [1.165, 1.54) is 4.88 Å². The third-order valence-electron chi connectivity index (χ3n) is 4.87. The van der Waals surface area contributed by atoms with E-state index in [1.54, 1.807) is 33.8 Å². The summed E-state index contributed by atoms with van der Waals surface area (Å²) < 4.78 is 37.4. The molecule has 1 aliphatic rings. The molecule has 136 valence electrons. The maximum absolute atomic E-state index is 13.7. The Morgan fingerprint density at radius 2 is 1.85 bits per heavy atom. The minimum absolute atomic E-state index is 0.230. The van der Waals surface area contributed by atoms with Crippen LogP contribution in [0.15, 0.2) is 64.9 Å². The lowest BCUT2D eigenvalue weighted by Crippen LogP contribution is -2.40. The summed E-state index contributed by atoms with van der Waals surface area (Å²) in [5.41, 5.74) is 3.12. The van der Waals surface area contributed by atoms with E-state index in [4.69, 9.17) is 0 Å². The predicted molar refractivity (Wildman–Crippen MR) is 108 cm³/mol. The number of aromatic nitrogens is 2. The molecule has 1 unspecified atom stereocenters. The van der Waals surface area contributed by atoms with Gasteiger partial charge in [0.05, 0.1) is 17.8 Å². The lowest BCUT2D eigenvalue weighted by molar-refractivity contribution is 0.347. The number of hydrogen-bond acceptors (Lipinski definition) is 6. The molecule has 1 atom stereocenters. The molecule has 0 fully saturated rings. The van der Waals surface area contributed by atoms with Gasteiger partial charge in [0.2, 0.25) is 10.0 Å². The van der Waals surface area contributed by atoms with E-state index in [1.807, 2.05) is 41.8 Å². The SMILES string of the molecule is O=S(=O)(c1cccc2nsnc12)N1CCc2sccc2C1c1ccccc1. The van der Waals surface area contributed by atoms with Crippen molar-refractivity contribution in [3.8, 4) is 0 Å². The molecule has 2 aromatic heterocycles. The molecule has 3 heterocycles. The van der Waals surface area contributed by atoms with Crippen molar-refractivity contribution in [1.82, 2.24) is 13.1 Å². The molecule has 0 N–H and O–H groups in total. The summed E-state index contributed by atoms with van der Waals surface area (Å²) in [6, 6.07) is 16.7.